The summed E-state index contributed by atoms with van der Waals surface area (Å²) in [6.07, 6.45) is 1.20. The van der Waals surface area contributed by atoms with Crippen molar-refractivity contribution in [3.8, 4) is 0 Å². The average Bonchev–Trinajstić information content (AvgIpc) is 2.19. The molecule has 74 valence electrons. The van der Waals surface area contributed by atoms with Gasteiger partial charge in [0.1, 0.15) is 0 Å². The SMILES string of the molecule is C=C[C@@H](C(=C)C)[C@@H](O)c1ccccc1. The lowest BCUT2D eigenvalue weighted by atomic mass is 9.91. The van der Waals surface area contributed by atoms with Crippen LogP contribution in [-0.4, -0.2) is 5.11 Å². The van der Waals surface area contributed by atoms with Crippen LogP contribution in [0, 0.1) is 5.92 Å². The van der Waals surface area contributed by atoms with Crippen molar-refractivity contribution in [2.75, 3.05) is 0 Å². The number of aliphatic hydroxyl groups excluding tert-OH is 1. The van der Waals surface area contributed by atoms with Gasteiger partial charge in [-0.1, -0.05) is 48.6 Å². The van der Waals surface area contributed by atoms with Gasteiger partial charge in [0.15, 0.2) is 0 Å². The van der Waals surface area contributed by atoms with Gasteiger partial charge in [-0.2, -0.15) is 0 Å². The van der Waals surface area contributed by atoms with Crippen molar-refractivity contribution < 1.29 is 5.11 Å². The molecule has 0 aliphatic carbocycles. The molecule has 1 aromatic rings. The van der Waals surface area contributed by atoms with Gasteiger partial charge in [-0.3, -0.25) is 0 Å². The van der Waals surface area contributed by atoms with Crippen molar-refractivity contribution >= 4 is 0 Å². The maximum Gasteiger partial charge on any atom is 0.0889 e. The maximum absolute atomic E-state index is 10.0. The van der Waals surface area contributed by atoms with E-state index < -0.39 is 6.10 Å². The van der Waals surface area contributed by atoms with Crippen LogP contribution in [0.2, 0.25) is 0 Å². The normalized spacial score (nSPS) is 14.4. The highest BCUT2D eigenvalue weighted by Crippen LogP contribution is 2.27. The molecule has 14 heavy (non-hydrogen) atoms. The Kier molecular flexibility index (Phi) is 3.66. The predicted octanol–water partition coefficient (Wildman–Crippen LogP) is 3.10. The number of aliphatic hydroxyl groups is 1. The van der Waals surface area contributed by atoms with Gasteiger partial charge in [0, 0.05) is 5.92 Å². The first-order valence-electron chi connectivity index (χ1n) is 4.67. The zero-order valence-corrected chi connectivity index (χ0v) is 8.48. The number of benzene rings is 1. The van der Waals surface area contributed by atoms with Gasteiger partial charge in [-0.25, -0.2) is 0 Å². The molecule has 2 atom stereocenters. The second-order valence-electron chi connectivity index (χ2n) is 3.46. The highest BCUT2D eigenvalue weighted by atomic mass is 16.3. The molecule has 1 N–H and O–H groups in total. The second kappa shape index (κ2) is 4.77. The molecule has 0 heterocycles. The Bertz CT molecular complexity index is 313. The summed E-state index contributed by atoms with van der Waals surface area (Å²) < 4.78 is 0. The van der Waals surface area contributed by atoms with Crippen molar-refractivity contribution in [2.24, 2.45) is 5.92 Å². The fraction of sp³-hybridized carbons (Fsp3) is 0.231. The monoisotopic (exact) mass is 188 g/mol. The maximum atomic E-state index is 10.0. The topological polar surface area (TPSA) is 20.2 Å². The second-order valence-corrected chi connectivity index (χ2v) is 3.46. The van der Waals surface area contributed by atoms with Crippen LogP contribution in [0.15, 0.2) is 55.1 Å². The molecule has 0 bridgehead atoms. The van der Waals surface area contributed by atoms with E-state index in [2.05, 4.69) is 13.2 Å². The molecule has 1 rings (SSSR count). The molecule has 0 radical (unpaired) electrons. The molecule has 1 heteroatoms. The van der Waals surface area contributed by atoms with Crippen molar-refractivity contribution in [2.45, 2.75) is 13.0 Å². The fourth-order valence-electron chi connectivity index (χ4n) is 1.46. The summed E-state index contributed by atoms with van der Waals surface area (Å²) in [7, 11) is 0. The number of hydrogen-bond acceptors (Lipinski definition) is 1. The Hall–Kier alpha value is -1.34. The van der Waals surface area contributed by atoms with Crippen LogP contribution in [0.4, 0.5) is 0 Å². The molecule has 1 nitrogen and oxygen atoms in total. The van der Waals surface area contributed by atoms with E-state index >= 15 is 0 Å². The lowest BCUT2D eigenvalue weighted by Gasteiger charge is -2.19. The first-order chi connectivity index (χ1) is 6.66. The van der Waals surface area contributed by atoms with Crippen LogP contribution in [-0.2, 0) is 0 Å². The molecule has 0 aliphatic heterocycles. The zero-order chi connectivity index (χ0) is 10.6. The lowest BCUT2D eigenvalue weighted by Crippen LogP contribution is -2.10. The van der Waals surface area contributed by atoms with Crippen molar-refractivity contribution in [3.05, 3.63) is 60.7 Å². The first kappa shape index (κ1) is 10.7. The van der Waals surface area contributed by atoms with Crippen LogP contribution in [0.1, 0.15) is 18.6 Å². The largest absolute Gasteiger partial charge is 0.387 e. The minimum absolute atomic E-state index is 0.0719. The van der Waals surface area contributed by atoms with Gasteiger partial charge in [0.2, 0.25) is 0 Å². The van der Waals surface area contributed by atoms with Gasteiger partial charge in [-0.05, 0) is 12.5 Å². The van der Waals surface area contributed by atoms with E-state index in [4.69, 9.17) is 0 Å². The van der Waals surface area contributed by atoms with Gasteiger partial charge >= 0.3 is 0 Å². The van der Waals surface area contributed by atoms with E-state index in [0.29, 0.717) is 0 Å². The molecule has 0 unspecified atom stereocenters. The summed E-state index contributed by atoms with van der Waals surface area (Å²) in [5, 5.41) is 10.0. The Morgan fingerprint density at radius 3 is 2.36 bits per heavy atom. The van der Waals surface area contributed by atoms with Crippen LogP contribution >= 0.6 is 0 Å². The van der Waals surface area contributed by atoms with Gasteiger partial charge in [0.05, 0.1) is 6.10 Å². The summed E-state index contributed by atoms with van der Waals surface area (Å²) in [6.45, 7) is 9.45. The molecule has 0 aromatic heterocycles. The van der Waals surface area contributed by atoms with E-state index in [1.54, 1.807) is 6.08 Å². The Balaban J connectivity index is 2.88. The molecular weight excluding hydrogens is 172 g/mol. The standard InChI is InChI=1S/C13H16O/c1-4-12(10(2)3)13(14)11-8-6-5-7-9-11/h4-9,12-14H,1-2H2,3H3/t12-,13-/m0/s1. The fourth-order valence-corrected chi connectivity index (χ4v) is 1.46. The third-order valence-corrected chi connectivity index (χ3v) is 2.30. The first-order valence-corrected chi connectivity index (χ1v) is 4.67. The summed E-state index contributed by atoms with van der Waals surface area (Å²) in [4.78, 5) is 0. The van der Waals surface area contributed by atoms with Crippen LogP contribution < -0.4 is 0 Å². The minimum atomic E-state index is -0.536. The molecule has 0 aliphatic rings. The Labute approximate surface area is 85.4 Å². The molecule has 0 amide bonds. The summed E-state index contributed by atoms with van der Waals surface area (Å²) in [5.41, 5.74) is 1.83. The van der Waals surface area contributed by atoms with E-state index in [9.17, 15) is 5.11 Å². The molecule has 0 fully saturated rings. The van der Waals surface area contributed by atoms with Crippen molar-refractivity contribution in [1.82, 2.24) is 0 Å². The summed E-state index contributed by atoms with van der Waals surface area (Å²) >= 11 is 0. The quantitative estimate of drug-likeness (QED) is 0.720. The average molecular weight is 188 g/mol. The van der Waals surface area contributed by atoms with E-state index in [0.717, 1.165) is 11.1 Å². The van der Waals surface area contributed by atoms with Crippen LogP contribution in [0.3, 0.4) is 0 Å². The minimum Gasteiger partial charge on any atom is -0.387 e. The van der Waals surface area contributed by atoms with Crippen molar-refractivity contribution in [3.63, 3.8) is 0 Å². The number of hydrogen-bond donors (Lipinski definition) is 1. The Morgan fingerprint density at radius 2 is 1.93 bits per heavy atom. The van der Waals surface area contributed by atoms with Crippen LogP contribution in [0.5, 0.6) is 0 Å². The van der Waals surface area contributed by atoms with E-state index in [1.807, 2.05) is 37.3 Å². The number of rotatable bonds is 4. The lowest BCUT2D eigenvalue weighted by molar-refractivity contribution is 0.147. The van der Waals surface area contributed by atoms with E-state index in [-0.39, 0.29) is 5.92 Å². The van der Waals surface area contributed by atoms with Gasteiger partial charge < -0.3 is 5.11 Å². The van der Waals surface area contributed by atoms with Crippen molar-refractivity contribution in [1.29, 1.82) is 0 Å². The van der Waals surface area contributed by atoms with Crippen LogP contribution in [0.25, 0.3) is 0 Å². The third-order valence-electron chi connectivity index (χ3n) is 2.30. The molecule has 0 saturated heterocycles. The molecule has 1 aromatic carbocycles. The Morgan fingerprint density at radius 1 is 1.36 bits per heavy atom. The van der Waals surface area contributed by atoms with Gasteiger partial charge in [0.25, 0.3) is 0 Å². The summed E-state index contributed by atoms with van der Waals surface area (Å²) in [6, 6.07) is 9.57. The molecule has 0 spiro atoms. The zero-order valence-electron chi connectivity index (χ0n) is 8.48. The van der Waals surface area contributed by atoms with Gasteiger partial charge in [-0.15, -0.1) is 6.58 Å². The molecular formula is C13H16O. The smallest absolute Gasteiger partial charge is 0.0889 e. The molecule has 0 saturated carbocycles. The highest BCUT2D eigenvalue weighted by molar-refractivity contribution is 5.22. The highest BCUT2D eigenvalue weighted by Gasteiger charge is 2.17. The van der Waals surface area contributed by atoms with E-state index in [1.165, 1.54) is 0 Å². The summed E-state index contributed by atoms with van der Waals surface area (Å²) in [5.74, 6) is -0.0719. The third kappa shape index (κ3) is 2.33. The predicted molar refractivity (Wildman–Crippen MR) is 59.9 cm³/mol.